The predicted molar refractivity (Wildman–Crippen MR) is 59.5 cm³/mol. The summed E-state index contributed by atoms with van der Waals surface area (Å²) in [5.74, 6) is 1.29. The number of ether oxygens (including phenoxy) is 1. The summed E-state index contributed by atoms with van der Waals surface area (Å²) in [6.07, 6.45) is 4.78. The minimum Gasteiger partial charge on any atom is -0.477 e. The molecule has 2 aromatic heterocycles. The van der Waals surface area contributed by atoms with E-state index in [4.69, 9.17) is 4.74 Å². The fourth-order valence-electron chi connectivity index (χ4n) is 1.94. The van der Waals surface area contributed by atoms with Crippen LogP contribution in [0, 0.1) is 5.92 Å². The second-order valence-electron chi connectivity index (χ2n) is 4.07. The van der Waals surface area contributed by atoms with Crippen LogP contribution >= 0.6 is 0 Å². The van der Waals surface area contributed by atoms with Gasteiger partial charge >= 0.3 is 0 Å². The van der Waals surface area contributed by atoms with Gasteiger partial charge in [-0.1, -0.05) is 0 Å². The van der Waals surface area contributed by atoms with Crippen LogP contribution < -0.4 is 10.1 Å². The fourth-order valence-corrected chi connectivity index (χ4v) is 1.94. The van der Waals surface area contributed by atoms with Gasteiger partial charge in [-0.15, -0.1) is 0 Å². The molecule has 1 aliphatic heterocycles. The SMILES string of the molecule is c1cc2nc(OCC3CCNC3)ccn2n1. The molecule has 1 saturated heterocycles. The number of rotatable bonds is 3. The summed E-state index contributed by atoms with van der Waals surface area (Å²) in [7, 11) is 0. The molecule has 0 saturated carbocycles. The lowest BCUT2D eigenvalue weighted by Gasteiger charge is -2.09. The number of nitrogens with zero attached hydrogens (tertiary/aromatic N) is 3. The van der Waals surface area contributed by atoms with Gasteiger partial charge in [0.05, 0.1) is 12.8 Å². The number of nitrogens with one attached hydrogen (secondary N) is 1. The van der Waals surface area contributed by atoms with Gasteiger partial charge in [0, 0.05) is 30.8 Å². The van der Waals surface area contributed by atoms with E-state index in [1.54, 1.807) is 10.7 Å². The van der Waals surface area contributed by atoms with Crippen molar-refractivity contribution in [2.45, 2.75) is 6.42 Å². The van der Waals surface area contributed by atoms with Crippen molar-refractivity contribution in [3.05, 3.63) is 24.5 Å². The summed E-state index contributed by atoms with van der Waals surface area (Å²) >= 11 is 0. The molecule has 2 aromatic rings. The molecule has 1 atom stereocenters. The topological polar surface area (TPSA) is 51.5 Å². The normalized spacial score (nSPS) is 20.4. The van der Waals surface area contributed by atoms with Gasteiger partial charge in [-0.25, -0.2) is 4.52 Å². The zero-order valence-electron chi connectivity index (χ0n) is 8.97. The third-order valence-corrected chi connectivity index (χ3v) is 2.86. The van der Waals surface area contributed by atoms with Gasteiger partial charge < -0.3 is 10.1 Å². The molecule has 1 aliphatic rings. The lowest BCUT2D eigenvalue weighted by atomic mass is 10.1. The molecular formula is C11H14N4O. The Kier molecular flexibility index (Phi) is 2.46. The lowest BCUT2D eigenvalue weighted by molar-refractivity contribution is 0.251. The summed E-state index contributed by atoms with van der Waals surface area (Å²) < 4.78 is 7.40. The first kappa shape index (κ1) is 9.59. The standard InChI is InChI=1S/C11H14N4O/c1-4-12-7-9(1)8-16-11-3-6-15-10(14-11)2-5-13-15/h2-3,5-6,9,12H,1,4,7-8H2. The van der Waals surface area contributed by atoms with Gasteiger partial charge in [0.1, 0.15) is 0 Å². The smallest absolute Gasteiger partial charge is 0.216 e. The Hall–Kier alpha value is -1.62. The van der Waals surface area contributed by atoms with Crippen molar-refractivity contribution < 1.29 is 4.74 Å². The summed E-state index contributed by atoms with van der Waals surface area (Å²) in [5.41, 5.74) is 0.821. The third kappa shape index (κ3) is 1.86. The zero-order valence-corrected chi connectivity index (χ0v) is 8.97. The Morgan fingerprint density at radius 3 is 3.38 bits per heavy atom. The molecule has 84 valence electrons. The van der Waals surface area contributed by atoms with Gasteiger partial charge in [-0.05, 0) is 13.0 Å². The molecule has 5 heteroatoms. The molecular weight excluding hydrogens is 204 g/mol. The Morgan fingerprint density at radius 1 is 1.50 bits per heavy atom. The lowest BCUT2D eigenvalue weighted by Crippen LogP contribution is -2.15. The van der Waals surface area contributed by atoms with Crippen molar-refractivity contribution in [2.75, 3.05) is 19.7 Å². The van der Waals surface area contributed by atoms with E-state index >= 15 is 0 Å². The van der Waals surface area contributed by atoms with E-state index in [0.717, 1.165) is 25.3 Å². The first-order chi connectivity index (χ1) is 7.92. The maximum Gasteiger partial charge on any atom is 0.216 e. The largest absolute Gasteiger partial charge is 0.477 e. The van der Waals surface area contributed by atoms with Crippen LogP contribution in [0.4, 0.5) is 0 Å². The van der Waals surface area contributed by atoms with Gasteiger partial charge in [-0.3, -0.25) is 0 Å². The maximum absolute atomic E-state index is 5.68. The number of fused-ring (bicyclic) bond motifs is 1. The first-order valence-electron chi connectivity index (χ1n) is 5.56. The van der Waals surface area contributed by atoms with Crippen LogP contribution in [0.5, 0.6) is 5.88 Å². The van der Waals surface area contributed by atoms with E-state index < -0.39 is 0 Å². The van der Waals surface area contributed by atoms with E-state index in [1.165, 1.54) is 6.42 Å². The highest BCUT2D eigenvalue weighted by Gasteiger charge is 2.15. The van der Waals surface area contributed by atoms with Crippen LogP contribution in [-0.2, 0) is 0 Å². The maximum atomic E-state index is 5.68. The molecule has 3 heterocycles. The van der Waals surface area contributed by atoms with Crippen LogP contribution in [0.1, 0.15) is 6.42 Å². The Bertz CT molecular complexity index is 476. The average molecular weight is 218 g/mol. The van der Waals surface area contributed by atoms with Crippen molar-refractivity contribution in [3.63, 3.8) is 0 Å². The Morgan fingerprint density at radius 2 is 2.50 bits per heavy atom. The summed E-state index contributed by atoms with van der Waals surface area (Å²) in [6, 6.07) is 3.71. The van der Waals surface area contributed by atoms with Gasteiger partial charge in [0.15, 0.2) is 5.65 Å². The highest BCUT2D eigenvalue weighted by atomic mass is 16.5. The Balaban J connectivity index is 1.68. The van der Waals surface area contributed by atoms with Crippen molar-refractivity contribution in [2.24, 2.45) is 5.92 Å². The van der Waals surface area contributed by atoms with E-state index in [0.29, 0.717) is 11.8 Å². The minimum absolute atomic E-state index is 0.614. The van der Waals surface area contributed by atoms with Crippen LogP contribution in [0.25, 0.3) is 5.65 Å². The summed E-state index contributed by atoms with van der Waals surface area (Å²) in [4.78, 5) is 4.35. The zero-order chi connectivity index (χ0) is 10.8. The molecule has 1 N–H and O–H groups in total. The van der Waals surface area contributed by atoms with Crippen LogP contribution in [0.15, 0.2) is 24.5 Å². The summed E-state index contributed by atoms with van der Waals surface area (Å²) in [6.45, 7) is 2.89. The van der Waals surface area contributed by atoms with Gasteiger partial charge in [0.2, 0.25) is 5.88 Å². The second-order valence-corrected chi connectivity index (χ2v) is 4.07. The van der Waals surface area contributed by atoms with Crippen LogP contribution in [0.2, 0.25) is 0 Å². The predicted octanol–water partition coefficient (Wildman–Crippen LogP) is 0.718. The molecule has 0 amide bonds. The third-order valence-electron chi connectivity index (χ3n) is 2.86. The number of hydrogen-bond acceptors (Lipinski definition) is 4. The van der Waals surface area contributed by atoms with Crippen LogP contribution in [0.3, 0.4) is 0 Å². The molecule has 0 radical (unpaired) electrons. The second kappa shape index (κ2) is 4.09. The minimum atomic E-state index is 0.614. The number of aromatic nitrogens is 3. The van der Waals surface area contributed by atoms with Gasteiger partial charge in [-0.2, -0.15) is 10.1 Å². The molecule has 1 fully saturated rings. The Labute approximate surface area is 93.4 Å². The highest BCUT2D eigenvalue weighted by Crippen LogP contribution is 2.12. The average Bonchev–Trinajstić information content (AvgIpc) is 2.97. The van der Waals surface area contributed by atoms with Crippen molar-refractivity contribution in [1.29, 1.82) is 0 Å². The molecule has 0 aromatic carbocycles. The fraction of sp³-hybridized carbons (Fsp3) is 0.455. The monoisotopic (exact) mass is 218 g/mol. The van der Waals surface area contributed by atoms with Crippen LogP contribution in [-0.4, -0.2) is 34.3 Å². The molecule has 16 heavy (non-hydrogen) atoms. The molecule has 0 aliphatic carbocycles. The van der Waals surface area contributed by atoms with E-state index in [-0.39, 0.29) is 0 Å². The van der Waals surface area contributed by atoms with Gasteiger partial charge in [0.25, 0.3) is 0 Å². The quantitative estimate of drug-likeness (QED) is 0.824. The first-order valence-corrected chi connectivity index (χ1v) is 5.56. The van der Waals surface area contributed by atoms with E-state index in [9.17, 15) is 0 Å². The molecule has 1 unspecified atom stereocenters. The molecule has 5 nitrogen and oxygen atoms in total. The van der Waals surface area contributed by atoms with Crippen molar-refractivity contribution in [1.82, 2.24) is 19.9 Å². The van der Waals surface area contributed by atoms with Crippen molar-refractivity contribution in [3.8, 4) is 5.88 Å². The summed E-state index contributed by atoms with van der Waals surface area (Å²) in [5, 5.41) is 7.41. The molecule has 0 bridgehead atoms. The van der Waals surface area contributed by atoms with Crippen molar-refractivity contribution >= 4 is 5.65 Å². The molecule has 3 rings (SSSR count). The van der Waals surface area contributed by atoms with E-state index in [1.807, 2.05) is 18.3 Å². The highest BCUT2D eigenvalue weighted by molar-refractivity contribution is 5.37. The van der Waals surface area contributed by atoms with E-state index in [2.05, 4.69) is 15.4 Å². The number of hydrogen-bond donors (Lipinski definition) is 1. The molecule has 0 spiro atoms.